The molecule has 3 nitrogen and oxygen atoms in total. The van der Waals surface area contributed by atoms with Crippen LogP contribution in [-0.4, -0.2) is 15.0 Å². The first kappa shape index (κ1) is 25.8. The molecule has 0 aliphatic carbocycles. The van der Waals surface area contributed by atoms with Crippen molar-refractivity contribution in [2.75, 3.05) is 0 Å². The van der Waals surface area contributed by atoms with Crippen LogP contribution in [0.15, 0.2) is 152 Å². The summed E-state index contributed by atoms with van der Waals surface area (Å²) in [6, 6.07) is 53.2. The SMILES string of the molecule is c1ccc(-c2nc(-c3ccccc3)nc(-c3ccccc3-c3ccc4c(c3)sc3c4ccc4ccc5ccccc5c43)n2)cc1. The minimum atomic E-state index is 0.659. The summed E-state index contributed by atoms with van der Waals surface area (Å²) in [5.41, 5.74) is 5.13. The van der Waals surface area contributed by atoms with Crippen LogP contribution in [0.1, 0.15) is 0 Å². The van der Waals surface area contributed by atoms with Crippen LogP contribution < -0.4 is 0 Å². The molecule has 210 valence electrons. The predicted octanol–water partition coefficient (Wildman–Crippen LogP) is 11.2. The highest BCUT2D eigenvalue weighted by Crippen LogP contribution is 2.43. The van der Waals surface area contributed by atoms with Gasteiger partial charge in [0.15, 0.2) is 17.5 Å². The van der Waals surface area contributed by atoms with E-state index in [4.69, 9.17) is 15.0 Å². The minimum absolute atomic E-state index is 0.659. The molecular formula is C41H25N3S. The number of fused-ring (bicyclic) bond motifs is 7. The van der Waals surface area contributed by atoms with Gasteiger partial charge in [0, 0.05) is 42.2 Å². The van der Waals surface area contributed by atoms with Gasteiger partial charge in [-0.05, 0) is 33.4 Å². The quantitative estimate of drug-likeness (QED) is 0.191. The molecule has 0 spiro atoms. The van der Waals surface area contributed by atoms with E-state index in [2.05, 4.69) is 91.0 Å². The number of benzene rings is 7. The maximum atomic E-state index is 5.03. The molecule has 2 heterocycles. The molecule has 0 saturated heterocycles. The third kappa shape index (κ3) is 4.38. The van der Waals surface area contributed by atoms with Crippen molar-refractivity contribution in [2.24, 2.45) is 0 Å². The molecule has 0 amide bonds. The van der Waals surface area contributed by atoms with E-state index in [0.717, 1.165) is 27.8 Å². The van der Waals surface area contributed by atoms with E-state index in [0.29, 0.717) is 17.5 Å². The molecule has 0 bridgehead atoms. The summed E-state index contributed by atoms with van der Waals surface area (Å²) in [5.74, 6) is 1.98. The number of nitrogens with zero attached hydrogens (tertiary/aromatic N) is 3. The molecule has 0 aliphatic rings. The van der Waals surface area contributed by atoms with Gasteiger partial charge in [0.05, 0.1) is 0 Å². The number of rotatable bonds is 4. The molecule has 4 heteroatoms. The Kier molecular flexibility index (Phi) is 6.00. The Morgan fingerprint density at radius 2 is 0.956 bits per heavy atom. The van der Waals surface area contributed by atoms with E-state index in [-0.39, 0.29) is 0 Å². The number of hydrogen-bond acceptors (Lipinski definition) is 4. The van der Waals surface area contributed by atoms with Crippen LogP contribution in [-0.2, 0) is 0 Å². The smallest absolute Gasteiger partial charge is 0.164 e. The summed E-state index contributed by atoms with van der Waals surface area (Å²) in [7, 11) is 0. The van der Waals surface area contributed by atoms with Crippen molar-refractivity contribution >= 4 is 53.1 Å². The first-order chi connectivity index (χ1) is 22.3. The highest BCUT2D eigenvalue weighted by molar-refractivity contribution is 7.26. The van der Waals surface area contributed by atoms with Gasteiger partial charge in [-0.3, -0.25) is 0 Å². The third-order valence-electron chi connectivity index (χ3n) is 8.52. The van der Waals surface area contributed by atoms with Crippen molar-refractivity contribution in [2.45, 2.75) is 0 Å². The van der Waals surface area contributed by atoms with Gasteiger partial charge in [0.25, 0.3) is 0 Å². The zero-order chi connectivity index (χ0) is 29.7. The average molecular weight is 592 g/mol. The average Bonchev–Trinajstić information content (AvgIpc) is 3.50. The molecule has 9 aromatic rings. The van der Waals surface area contributed by atoms with Crippen LogP contribution >= 0.6 is 11.3 Å². The number of aromatic nitrogens is 3. The summed E-state index contributed by atoms with van der Waals surface area (Å²) in [4.78, 5) is 14.9. The molecule has 0 unspecified atom stereocenters. The lowest BCUT2D eigenvalue weighted by Gasteiger charge is -2.12. The fraction of sp³-hybridized carbons (Fsp3) is 0. The van der Waals surface area contributed by atoms with Gasteiger partial charge >= 0.3 is 0 Å². The normalized spacial score (nSPS) is 11.6. The molecule has 0 saturated carbocycles. The zero-order valence-electron chi connectivity index (χ0n) is 24.2. The molecule has 7 aromatic carbocycles. The molecule has 2 aromatic heterocycles. The van der Waals surface area contributed by atoms with Crippen LogP contribution in [0.2, 0.25) is 0 Å². The molecule has 0 N–H and O–H groups in total. The van der Waals surface area contributed by atoms with E-state index in [1.807, 2.05) is 72.0 Å². The van der Waals surface area contributed by atoms with Gasteiger partial charge in [-0.1, -0.05) is 146 Å². The maximum absolute atomic E-state index is 5.03. The lowest BCUT2D eigenvalue weighted by atomic mass is 9.97. The van der Waals surface area contributed by atoms with E-state index in [9.17, 15) is 0 Å². The number of hydrogen-bond donors (Lipinski definition) is 0. The first-order valence-corrected chi connectivity index (χ1v) is 15.9. The van der Waals surface area contributed by atoms with Gasteiger partial charge in [0.2, 0.25) is 0 Å². The van der Waals surface area contributed by atoms with Crippen LogP contribution in [0.3, 0.4) is 0 Å². The van der Waals surface area contributed by atoms with Gasteiger partial charge in [-0.2, -0.15) is 0 Å². The summed E-state index contributed by atoms with van der Waals surface area (Å²) in [5, 5.41) is 7.76. The lowest BCUT2D eigenvalue weighted by molar-refractivity contribution is 1.07. The second kappa shape index (κ2) is 10.5. The maximum Gasteiger partial charge on any atom is 0.164 e. The second-order valence-electron chi connectivity index (χ2n) is 11.2. The number of thiophene rings is 1. The van der Waals surface area contributed by atoms with E-state index in [1.165, 1.54) is 41.7 Å². The zero-order valence-corrected chi connectivity index (χ0v) is 25.0. The van der Waals surface area contributed by atoms with Crippen molar-refractivity contribution in [3.05, 3.63) is 152 Å². The van der Waals surface area contributed by atoms with Crippen LogP contribution in [0.5, 0.6) is 0 Å². The largest absolute Gasteiger partial charge is 0.208 e. The molecular weight excluding hydrogens is 567 g/mol. The Morgan fingerprint density at radius 1 is 0.378 bits per heavy atom. The Balaban J connectivity index is 1.24. The fourth-order valence-electron chi connectivity index (χ4n) is 6.35. The first-order valence-electron chi connectivity index (χ1n) is 15.0. The van der Waals surface area contributed by atoms with Gasteiger partial charge in [-0.25, -0.2) is 15.0 Å². The van der Waals surface area contributed by atoms with Crippen molar-refractivity contribution in [3.63, 3.8) is 0 Å². The standard InChI is InChI=1S/C41H25N3S/c1-3-12-28(13-4-1)39-42-40(29-14-5-2-6-15-29)44-41(43-39)35-18-10-9-16-31(35)30-22-23-33-34-24-21-27-20-19-26-11-7-8-17-32(26)37(27)38(34)45-36(33)25-30/h1-25H. The Morgan fingerprint density at radius 3 is 1.71 bits per heavy atom. The van der Waals surface area contributed by atoms with Gasteiger partial charge < -0.3 is 0 Å². The summed E-state index contributed by atoms with van der Waals surface area (Å²) in [6.07, 6.45) is 0. The van der Waals surface area contributed by atoms with Crippen molar-refractivity contribution in [3.8, 4) is 45.3 Å². The molecule has 9 rings (SSSR count). The minimum Gasteiger partial charge on any atom is -0.208 e. The Hall–Kier alpha value is -5.71. The topological polar surface area (TPSA) is 38.7 Å². The van der Waals surface area contributed by atoms with Crippen molar-refractivity contribution < 1.29 is 0 Å². The van der Waals surface area contributed by atoms with Crippen LogP contribution in [0.4, 0.5) is 0 Å². The summed E-state index contributed by atoms with van der Waals surface area (Å²) >= 11 is 1.87. The monoisotopic (exact) mass is 591 g/mol. The Bertz CT molecular complexity index is 2480. The molecule has 0 fully saturated rings. The highest BCUT2D eigenvalue weighted by atomic mass is 32.1. The third-order valence-corrected chi connectivity index (χ3v) is 9.71. The molecule has 45 heavy (non-hydrogen) atoms. The van der Waals surface area contributed by atoms with Crippen LogP contribution in [0, 0.1) is 0 Å². The second-order valence-corrected chi connectivity index (χ2v) is 12.3. The lowest BCUT2D eigenvalue weighted by Crippen LogP contribution is -2.01. The van der Waals surface area contributed by atoms with Crippen molar-refractivity contribution in [1.82, 2.24) is 15.0 Å². The molecule has 0 atom stereocenters. The summed E-state index contributed by atoms with van der Waals surface area (Å²) in [6.45, 7) is 0. The molecule has 0 aliphatic heterocycles. The van der Waals surface area contributed by atoms with Crippen molar-refractivity contribution in [1.29, 1.82) is 0 Å². The molecule has 0 radical (unpaired) electrons. The summed E-state index contributed by atoms with van der Waals surface area (Å²) < 4.78 is 2.60. The van der Waals surface area contributed by atoms with Gasteiger partial charge in [0.1, 0.15) is 0 Å². The van der Waals surface area contributed by atoms with Gasteiger partial charge in [-0.15, -0.1) is 11.3 Å². The van der Waals surface area contributed by atoms with Crippen LogP contribution in [0.25, 0.3) is 87.0 Å². The van der Waals surface area contributed by atoms with E-state index >= 15 is 0 Å². The fourth-order valence-corrected chi connectivity index (χ4v) is 7.66. The highest BCUT2D eigenvalue weighted by Gasteiger charge is 2.17. The Labute approximate surface area is 264 Å². The van der Waals surface area contributed by atoms with E-state index < -0.39 is 0 Å². The predicted molar refractivity (Wildman–Crippen MR) is 189 cm³/mol. The van der Waals surface area contributed by atoms with E-state index in [1.54, 1.807) is 0 Å².